The minimum Gasteiger partial charge on any atom is -0.508 e. The molecule has 0 aliphatic heterocycles. The van der Waals surface area contributed by atoms with E-state index in [0.717, 1.165) is 4.47 Å². The van der Waals surface area contributed by atoms with Crippen LogP contribution in [0.1, 0.15) is 12.0 Å². The minimum atomic E-state index is -0.536. The number of halogens is 1. The van der Waals surface area contributed by atoms with Gasteiger partial charge in [-0.1, -0.05) is 24.3 Å². The minimum absolute atomic E-state index is 0.105. The number of hydrogen-bond donors (Lipinski definition) is 3. The van der Waals surface area contributed by atoms with E-state index in [2.05, 4.69) is 31.8 Å². The number of benzene rings is 2. The molecule has 0 radical (unpaired) electrons. The van der Waals surface area contributed by atoms with Crippen molar-refractivity contribution < 1.29 is 14.7 Å². The molecule has 0 spiro atoms. The average Bonchev–Trinajstić information content (AvgIpc) is 2.49. The van der Waals surface area contributed by atoms with E-state index in [-0.39, 0.29) is 12.2 Å². The van der Waals surface area contributed by atoms with Crippen LogP contribution in [-0.4, -0.2) is 23.1 Å². The number of carbonyl (C=O) groups is 2. The van der Waals surface area contributed by atoms with Gasteiger partial charge in [-0.05, 0) is 45.8 Å². The van der Waals surface area contributed by atoms with Crippen molar-refractivity contribution in [1.29, 1.82) is 0 Å². The van der Waals surface area contributed by atoms with Crippen LogP contribution in [0.25, 0.3) is 0 Å². The van der Waals surface area contributed by atoms with Crippen LogP contribution in [0.5, 0.6) is 5.75 Å². The maximum atomic E-state index is 11.8. The van der Waals surface area contributed by atoms with Gasteiger partial charge in [-0.25, -0.2) is 5.43 Å². The first kappa shape index (κ1) is 16.7. The number of para-hydroxylation sites is 1. The summed E-state index contributed by atoms with van der Waals surface area (Å²) >= 11 is 3.31. The van der Waals surface area contributed by atoms with Gasteiger partial charge in [0.15, 0.2) is 0 Å². The maximum absolute atomic E-state index is 11.8. The largest absolute Gasteiger partial charge is 0.508 e. The van der Waals surface area contributed by atoms with Gasteiger partial charge >= 0.3 is 0 Å². The lowest BCUT2D eigenvalue weighted by Crippen LogP contribution is -2.24. The summed E-state index contributed by atoms with van der Waals surface area (Å²) in [6.45, 7) is 0. The summed E-state index contributed by atoms with van der Waals surface area (Å²) in [5.41, 5.74) is 3.48. The second-order valence-electron chi connectivity index (χ2n) is 4.59. The molecule has 118 valence electrons. The van der Waals surface area contributed by atoms with Crippen LogP contribution >= 0.6 is 15.9 Å². The molecule has 7 heteroatoms. The predicted molar refractivity (Wildman–Crippen MR) is 91.2 cm³/mol. The number of nitrogens with zero attached hydrogens (tertiary/aromatic N) is 1. The average molecular weight is 376 g/mol. The van der Waals surface area contributed by atoms with Crippen molar-refractivity contribution in [2.75, 3.05) is 5.32 Å². The lowest BCUT2D eigenvalue weighted by Gasteiger charge is -2.06. The molecule has 0 aromatic heterocycles. The van der Waals surface area contributed by atoms with Crippen molar-refractivity contribution in [3.8, 4) is 5.75 Å². The summed E-state index contributed by atoms with van der Waals surface area (Å²) in [6, 6.07) is 13.5. The van der Waals surface area contributed by atoms with Gasteiger partial charge in [-0.2, -0.15) is 5.10 Å². The van der Waals surface area contributed by atoms with Gasteiger partial charge in [-0.15, -0.1) is 0 Å². The fourth-order valence-corrected chi connectivity index (χ4v) is 2.11. The van der Waals surface area contributed by atoms with Gasteiger partial charge in [-0.3, -0.25) is 9.59 Å². The first-order chi connectivity index (χ1) is 11.0. The van der Waals surface area contributed by atoms with Gasteiger partial charge in [0.1, 0.15) is 12.2 Å². The third kappa shape index (κ3) is 5.55. The molecule has 6 nitrogen and oxygen atoms in total. The SMILES string of the molecule is O=C(CC(=O)Nc1ccccc1Br)NN=Cc1cccc(O)c1. The Labute approximate surface area is 141 Å². The van der Waals surface area contributed by atoms with Crippen molar-refractivity contribution >= 4 is 39.6 Å². The lowest BCUT2D eigenvalue weighted by atomic mass is 10.2. The Morgan fingerprint density at radius 2 is 1.91 bits per heavy atom. The molecule has 2 aromatic rings. The predicted octanol–water partition coefficient (Wildman–Crippen LogP) is 2.63. The summed E-state index contributed by atoms with van der Waals surface area (Å²) < 4.78 is 0.732. The van der Waals surface area contributed by atoms with Crippen LogP contribution in [0, 0.1) is 0 Å². The Morgan fingerprint density at radius 1 is 1.13 bits per heavy atom. The van der Waals surface area contributed by atoms with Crippen molar-refractivity contribution in [3.05, 3.63) is 58.6 Å². The van der Waals surface area contributed by atoms with Gasteiger partial charge in [0.25, 0.3) is 0 Å². The molecule has 3 N–H and O–H groups in total. The van der Waals surface area contributed by atoms with Crippen LogP contribution in [-0.2, 0) is 9.59 Å². The molecule has 2 aromatic carbocycles. The first-order valence-electron chi connectivity index (χ1n) is 6.70. The van der Waals surface area contributed by atoms with E-state index in [1.165, 1.54) is 18.3 Å². The van der Waals surface area contributed by atoms with Crippen LogP contribution in [0.4, 0.5) is 5.69 Å². The molecule has 0 saturated carbocycles. The fourth-order valence-electron chi connectivity index (χ4n) is 1.73. The normalized spacial score (nSPS) is 10.5. The highest BCUT2D eigenvalue weighted by Gasteiger charge is 2.10. The second kappa shape index (κ2) is 8.09. The third-order valence-corrected chi connectivity index (χ3v) is 3.43. The van der Waals surface area contributed by atoms with Crippen LogP contribution in [0.15, 0.2) is 58.1 Å². The fraction of sp³-hybridized carbons (Fsp3) is 0.0625. The molecule has 0 saturated heterocycles. The lowest BCUT2D eigenvalue weighted by molar-refractivity contribution is -0.126. The van der Waals surface area contributed by atoms with Crippen molar-refractivity contribution in [2.24, 2.45) is 5.10 Å². The van der Waals surface area contributed by atoms with Crippen LogP contribution in [0.3, 0.4) is 0 Å². The van der Waals surface area contributed by atoms with Crippen molar-refractivity contribution in [3.63, 3.8) is 0 Å². The first-order valence-corrected chi connectivity index (χ1v) is 7.49. The molecule has 23 heavy (non-hydrogen) atoms. The van der Waals surface area contributed by atoms with E-state index in [1.54, 1.807) is 30.3 Å². The Balaban J connectivity index is 1.82. The number of nitrogens with one attached hydrogen (secondary N) is 2. The number of amides is 2. The standard InChI is InChI=1S/C16H14BrN3O3/c17-13-6-1-2-7-14(13)19-15(22)9-16(23)20-18-10-11-4-3-5-12(21)8-11/h1-8,10,21H,9H2,(H,19,22)(H,20,23). The third-order valence-electron chi connectivity index (χ3n) is 2.74. The number of phenols is 1. The summed E-state index contributed by atoms with van der Waals surface area (Å²) in [5, 5.41) is 15.7. The van der Waals surface area contributed by atoms with E-state index in [1.807, 2.05) is 6.07 Å². The number of anilines is 1. The van der Waals surface area contributed by atoms with E-state index < -0.39 is 11.8 Å². The molecule has 0 heterocycles. The number of rotatable bonds is 5. The molecule has 0 unspecified atom stereocenters. The van der Waals surface area contributed by atoms with Gasteiger partial charge in [0.05, 0.1) is 11.9 Å². The molecule has 2 rings (SSSR count). The maximum Gasteiger partial charge on any atom is 0.249 e. The summed E-state index contributed by atoms with van der Waals surface area (Å²) in [7, 11) is 0. The van der Waals surface area contributed by atoms with Crippen molar-refractivity contribution in [1.82, 2.24) is 5.43 Å². The summed E-state index contributed by atoms with van der Waals surface area (Å²) in [6.07, 6.45) is 1.03. The number of hydrogen-bond acceptors (Lipinski definition) is 4. The number of aromatic hydroxyl groups is 1. The number of carbonyl (C=O) groups excluding carboxylic acids is 2. The molecule has 0 aliphatic rings. The molecular weight excluding hydrogens is 362 g/mol. The van der Waals surface area contributed by atoms with E-state index in [9.17, 15) is 14.7 Å². The highest BCUT2D eigenvalue weighted by molar-refractivity contribution is 9.10. The van der Waals surface area contributed by atoms with Gasteiger partial charge in [0, 0.05) is 4.47 Å². The zero-order chi connectivity index (χ0) is 16.7. The zero-order valence-electron chi connectivity index (χ0n) is 12.0. The molecule has 2 amide bonds. The highest BCUT2D eigenvalue weighted by atomic mass is 79.9. The summed E-state index contributed by atoms with van der Waals surface area (Å²) in [4.78, 5) is 23.4. The molecule has 0 aliphatic carbocycles. The Hall–Kier alpha value is -2.67. The Kier molecular flexibility index (Phi) is 5.87. The van der Waals surface area contributed by atoms with Crippen LogP contribution in [0.2, 0.25) is 0 Å². The second-order valence-corrected chi connectivity index (χ2v) is 5.45. The van der Waals surface area contributed by atoms with Gasteiger partial charge in [0.2, 0.25) is 11.8 Å². The molecular formula is C16H14BrN3O3. The summed E-state index contributed by atoms with van der Waals surface area (Å²) in [5.74, 6) is -0.874. The Morgan fingerprint density at radius 3 is 2.65 bits per heavy atom. The topological polar surface area (TPSA) is 90.8 Å². The quantitative estimate of drug-likeness (QED) is 0.426. The smallest absolute Gasteiger partial charge is 0.249 e. The van der Waals surface area contributed by atoms with Crippen molar-refractivity contribution in [2.45, 2.75) is 6.42 Å². The van der Waals surface area contributed by atoms with E-state index in [0.29, 0.717) is 11.3 Å². The molecule has 0 fully saturated rings. The number of hydrazone groups is 1. The van der Waals surface area contributed by atoms with E-state index >= 15 is 0 Å². The highest BCUT2D eigenvalue weighted by Crippen LogP contribution is 2.21. The number of phenolic OH excluding ortho intramolecular Hbond substituents is 1. The van der Waals surface area contributed by atoms with E-state index in [4.69, 9.17) is 0 Å². The molecule has 0 bridgehead atoms. The monoisotopic (exact) mass is 375 g/mol. The Bertz CT molecular complexity index is 747. The van der Waals surface area contributed by atoms with Crippen LogP contribution < -0.4 is 10.7 Å². The van der Waals surface area contributed by atoms with Gasteiger partial charge < -0.3 is 10.4 Å². The molecule has 0 atom stereocenters. The zero-order valence-corrected chi connectivity index (χ0v) is 13.6.